The summed E-state index contributed by atoms with van der Waals surface area (Å²) >= 11 is 0. The molecule has 0 aliphatic carbocycles. The fourth-order valence-electron chi connectivity index (χ4n) is 0.967. The van der Waals surface area contributed by atoms with Crippen LogP contribution < -0.4 is 0 Å². The maximum absolute atomic E-state index is 5.32. The van der Waals surface area contributed by atoms with Gasteiger partial charge in [0.1, 0.15) is 5.76 Å². The highest BCUT2D eigenvalue weighted by atomic mass is 16.5. The van der Waals surface area contributed by atoms with Crippen molar-refractivity contribution in [3.63, 3.8) is 0 Å². The van der Waals surface area contributed by atoms with Gasteiger partial charge in [-0.2, -0.15) is 0 Å². The van der Waals surface area contributed by atoms with E-state index < -0.39 is 0 Å². The van der Waals surface area contributed by atoms with Gasteiger partial charge in [0.15, 0.2) is 0 Å². The van der Waals surface area contributed by atoms with E-state index in [0.717, 1.165) is 30.8 Å². The second-order valence-electron chi connectivity index (χ2n) is 2.57. The van der Waals surface area contributed by atoms with Crippen molar-refractivity contribution in [1.29, 1.82) is 0 Å². The summed E-state index contributed by atoms with van der Waals surface area (Å²) in [5.74, 6) is 0.953. The van der Waals surface area contributed by atoms with E-state index in [-0.39, 0.29) is 0 Å². The maximum Gasteiger partial charge on any atom is 0.122 e. The van der Waals surface area contributed by atoms with Crippen LogP contribution in [-0.4, -0.2) is 6.61 Å². The van der Waals surface area contributed by atoms with Crippen molar-refractivity contribution in [2.24, 2.45) is 0 Å². The predicted octanol–water partition coefficient (Wildman–Crippen LogP) is 2.81. The van der Waals surface area contributed by atoms with Gasteiger partial charge in [0.25, 0.3) is 0 Å². The molecule has 0 unspecified atom stereocenters. The first-order chi connectivity index (χ1) is 5.34. The Kier molecular flexibility index (Phi) is 2.96. The van der Waals surface area contributed by atoms with Gasteiger partial charge in [0.05, 0.1) is 6.61 Å². The molecule has 0 N–H and O–H groups in total. The smallest absolute Gasteiger partial charge is 0.122 e. The summed E-state index contributed by atoms with van der Waals surface area (Å²) in [6.45, 7) is 6.79. The first kappa shape index (κ1) is 8.12. The molecule has 1 rings (SSSR count). The number of hydrogen-bond donors (Lipinski definition) is 0. The SMILES string of the molecule is C=C1CCO/C1=C/C=C\CC. The van der Waals surface area contributed by atoms with Crippen LogP contribution in [0.5, 0.6) is 0 Å². The standard InChI is InChI=1S/C10H14O/c1-3-4-5-6-10-9(2)7-8-11-10/h4-6H,2-3,7-8H2,1H3/b5-4-,10-6+. The van der Waals surface area contributed by atoms with Gasteiger partial charge in [0, 0.05) is 6.42 Å². The fourth-order valence-corrected chi connectivity index (χ4v) is 0.967. The quantitative estimate of drug-likeness (QED) is 0.588. The zero-order valence-electron chi connectivity index (χ0n) is 6.97. The molecule has 0 aromatic carbocycles. The van der Waals surface area contributed by atoms with Crippen LogP contribution in [0, 0.1) is 0 Å². The van der Waals surface area contributed by atoms with E-state index in [1.807, 2.05) is 12.2 Å². The van der Waals surface area contributed by atoms with Crippen LogP contribution in [0.3, 0.4) is 0 Å². The predicted molar refractivity (Wildman–Crippen MR) is 47.2 cm³/mol. The molecule has 0 bridgehead atoms. The Labute approximate surface area is 68.1 Å². The van der Waals surface area contributed by atoms with Crippen molar-refractivity contribution in [1.82, 2.24) is 0 Å². The molecule has 0 radical (unpaired) electrons. The zero-order valence-corrected chi connectivity index (χ0v) is 6.97. The number of rotatable bonds is 2. The highest BCUT2D eigenvalue weighted by Gasteiger charge is 2.10. The van der Waals surface area contributed by atoms with Gasteiger partial charge < -0.3 is 4.74 Å². The summed E-state index contributed by atoms with van der Waals surface area (Å²) in [5, 5.41) is 0. The molecule has 1 fully saturated rings. The van der Waals surface area contributed by atoms with Gasteiger partial charge in [0.2, 0.25) is 0 Å². The molecule has 0 aromatic rings. The van der Waals surface area contributed by atoms with Crippen LogP contribution in [0.25, 0.3) is 0 Å². The van der Waals surface area contributed by atoms with Crippen LogP contribution in [0.4, 0.5) is 0 Å². The van der Waals surface area contributed by atoms with Crippen molar-refractivity contribution in [3.05, 3.63) is 36.1 Å². The van der Waals surface area contributed by atoms with E-state index in [0.29, 0.717) is 0 Å². The average molecular weight is 150 g/mol. The van der Waals surface area contributed by atoms with Crippen LogP contribution in [0.1, 0.15) is 19.8 Å². The lowest BCUT2D eigenvalue weighted by atomic mass is 10.2. The highest BCUT2D eigenvalue weighted by Crippen LogP contribution is 2.21. The van der Waals surface area contributed by atoms with E-state index >= 15 is 0 Å². The van der Waals surface area contributed by atoms with Crippen molar-refractivity contribution in [2.75, 3.05) is 6.61 Å². The third-order valence-corrected chi connectivity index (χ3v) is 1.63. The van der Waals surface area contributed by atoms with E-state index in [9.17, 15) is 0 Å². The van der Waals surface area contributed by atoms with Gasteiger partial charge >= 0.3 is 0 Å². The van der Waals surface area contributed by atoms with Crippen LogP contribution in [0.2, 0.25) is 0 Å². The summed E-state index contributed by atoms with van der Waals surface area (Å²) in [7, 11) is 0. The summed E-state index contributed by atoms with van der Waals surface area (Å²) < 4.78 is 5.32. The third kappa shape index (κ3) is 2.26. The minimum absolute atomic E-state index is 0.796. The number of allylic oxidation sites excluding steroid dienone is 4. The summed E-state index contributed by atoms with van der Waals surface area (Å²) in [5.41, 5.74) is 1.12. The molecule has 0 saturated carbocycles. The topological polar surface area (TPSA) is 9.23 Å². The molecular formula is C10H14O. The molecule has 60 valence electrons. The van der Waals surface area contributed by atoms with Crippen molar-refractivity contribution in [3.8, 4) is 0 Å². The van der Waals surface area contributed by atoms with E-state index in [1.54, 1.807) is 0 Å². The Morgan fingerprint density at radius 1 is 1.64 bits per heavy atom. The zero-order chi connectivity index (χ0) is 8.10. The lowest BCUT2D eigenvalue weighted by Gasteiger charge is -1.94. The van der Waals surface area contributed by atoms with Gasteiger partial charge in [-0.1, -0.05) is 25.7 Å². The Bertz CT molecular complexity index is 199. The monoisotopic (exact) mass is 150 g/mol. The van der Waals surface area contributed by atoms with Crippen LogP contribution in [0.15, 0.2) is 36.1 Å². The summed E-state index contributed by atoms with van der Waals surface area (Å²) in [6, 6.07) is 0. The normalized spacial score (nSPS) is 21.5. The Hall–Kier alpha value is -0.980. The van der Waals surface area contributed by atoms with Gasteiger partial charge in [-0.3, -0.25) is 0 Å². The molecule has 1 heteroatoms. The van der Waals surface area contributed by atoms with Crippen LogP contribution in [-0.2, 0) is 4.74 Å². The minimum atomic E-state index is 0.796. The molecule has 0 atom stereocenters. The molecule has 0 aromatic heterocycles. The van der Waals surface area contributed by atoms with Crippen LogP contribution >= 0.6 is 0 Å². The van der Waals surface area contributed by atoms with E-state index in [2.05, 4.69) is 19.6 Å². The lowest BCUT2D eigenvalue weighted by molar-refractivity contribution is 0.266. The first-order valence-electron chi connectivity index (χ1n) is 4.02. The van der Waals surface area contributed by atoms with E-state index in [1.165, 1.54) is 0 Å². The number of ether oxygens (including phenoxy) is 1. The molecule has 0 spiro atoms. The molecular weight excluding hydrogens is 136 g/mol. The van der Waals surface area contributed by atoms with E-state index in [4.69, 9.17) is 4.74 Å². The summed E-state index contributed by atoms with van der Waals surface area (Å²) in [4.78, 5) is 0. The lowest BCUT2D eigenvalue weighted by Crippen LogP contribution is -1.77. The van der Waals surface area contributed by atoms with Gasteiger partial charge in [-0.15, -0.1) is 0 Å². The molecule has 11 heavy (non-hydrogen) atoms. The number of hydrogen-bond acceptors (Lipinski definition) is 1. The Morgan fingerprint density at radius 2 is 2.45 bits per heavy atom. The summed E-state index contributed by atoms with van der Waals surface area (Å²) in [6.07, 6.45) is 8.15. The van der Waals surface area contributed by atoms with Crippen molar-refractivity contribution >= 4 is 0 Å². The van der Waals surface area contributed by atoms with Crippen molar-refractivity contribution < 1.29 is 4.74 Å². The fraction of sp³-hybridized carbons (Fsp3) is 0.400. The highest BCUT2D eigenvalue weighted by molar-refractivity contribution is 5.29. The molecule has 1 aliphatic rings. The molecule has 0 amide bonds. The molecule has 1 saturated heterocycles. The van der Waals surface area contributed by atoms with Gasteiger partial charge in [-0.25, -0.2) is 0 Å². The Morgan fingerprint density at radius 3 is 3.00 bits per heavy atom. The second kappa shape index (κ2) is 4.02. The maximum atomic E-state index is 5.32. The Balaban J connectivity index is 2.51. The molecule has 1 heterocycles. The third-order valence-electron chi connectivity index (χ3n) is 1.63. The average Bonchev–Trinajstić information content (AvgIpc) is 2.37. The first-order valence-corrected chi connectivity index (χ1v) is 4.02. The molecule has 1 aliphatic heterocycles. The minimum Gasteiger partial charge on any atom is -0.493 e. The van der Waals surface area contributed by atoms with Gasteiger partial charge in [-0.05, 0) is 18.1 Å². The molecule has 1 nitrogen and oxygen atoms in total. The second-order valence-corrected chi connectivity index (χ2v) is 2.57. The largest absolute Gasteiger partial charge is 0.493 e. The van der Waals surface area contributed by atoms with Crippen molar-refractivity contribution in [2.45, 2.75) is 19.8 Å².